The SMILES string of the molecule is COc1cc(C=Nn2cnnc2)ccc1OCCSc1ccc(C)cc1. The van der Waals surface area contributed by atoms with Gasteiger partial charge in [0, 0.05) is 10.6 Å². The molecular weight excluding hydrogens is 348 g/mol. The molecule has 1 heterocycles. The van der Waals surface area contributed by atoms with Gasteiger partial charge in [-0.25, -0.2) is 4.68 Å². The lowest BCUT2D eigenvalue weighted by Gasteiger charge is -2.11. The Hall–Kier alpha value is -2.80. The molecule has 0 bridgehead atoms. The van der Waals surface area contributed by atoms with Crippen molar-refractivity contribution in [3.63, 3.8) is 0 Å². The van der Waals surface area contributed by atoms with Crippen LogP contribution in [0.15, 0.2) is 65.1 Å². The molecule has 0 aliphatic carbocycles. The Labute approximate surface area is 156 Å². The summed E-state index contributed by atoms with van der Waals surface area (Å²) in [6.45, 7) is 2.69. The van der Waals surface area contributed by atoms with Gasteiger partial charge in [0.25, 0.3) is 0 Å². The van der Waals surface area contributed by atoms with Crippen molar-refractivity contribution in [3.05, 3.63) is 66.2 Å². The second kappa shape index (κ2) is 9.05. The maximum Gasteiger partial charge on any atom is 0.161 e. The van der Waals surface area contributed by atoms with E-state index in [1.165, 1.54) is 27.8 Å². The van der Waals surface area contributed by atoms with Gasteiger partial charge in [-0.3, -0.25) is 0 Å². The summed E-state index contributed by atoms with van der Waals surface area (Å²) in [6.07, 6.45) is 4.76. The molecule has 0 saturated heterocycles. The summed E-state index contributed by atoms with van der Waals surface area (Å²) in [6, 6.07) is 14.2. The normalized spacial score (nSPS) is 11.0. The Balaban J connectivity index is 1.54. The van der Waals surface area contributed by atoms with E-state index in [-0.39, 0.29) is 0 Å². The predicted octanol–water partition coefficient (Wildman–Crippen LogP) is 3.65. The van der Waals surface area contributed by atoms with Crippen LogP contribution in [0, 0.1) is 6.92 Å². The maximum atomic E-state index is 5.86. The van der Waals surface area contributed by atoms with E-state index in [1.807, 2.05) is 18.2 Å². The average molecular weight is 368 g/mol. The summed E-state index contributed by atoms with van der Waals surface area (Å²) in [5, 5.41) is 11.6. The van der Waals surface area contributed by atoms with E-state index in [0.29, 0.717) is 12.4 Å². The Morgan fingerprint density at radius 1 is 1.08 bits per heavy atom. The van der Waals surface area contributed by atoms with Gasteiger partial charge in [0.15, 0.2) is 11.5 Å². The number of aryl methyl sites for hydroxylation is 1. The van der Waals surface area contributed by atoms with E-state index in [1.54, 1.807) is 25.1 Å². The molecule has 7 heteroatoms. The molecule has 6 nitrogen and oxygen atoms in total. The minimum atomic E-state index is 0.600. The molecule has 0 saturated carbocycles. The number of methoxy groups -OCH3 is 1. The lowest BCUT2D eigenvalue weighted by Crippen LogP contribution is -2.02. The third-order valence-corrected chi connectivity index (χ3v) is 4.54. The lowest BCUT2D eigenvalue weighted by atomic mass is 10.2. The van der Waals surface area contributed by atoms with E-state index in [0.717, 1.165) is 17.1 Å². The van der Waals surface area contributed by atoms with Crippen LogP contribution in [-0.2, 0) is 0 Å². The van der Waals surface area contributed by atoms with Crippen LogP contribution in [0.3, 0.4) is 0 Å². The zero-order valence-corrected chi connectivity index (χ0v) is 15.5. The Morgan fingerprint density at radius 3 is 2.58 bits per heavy atom. The predicted molar refractivity (Wildman–Crippen MR) is 103 cm³/mol. The smallest absolute Gasteiger partial charge is 0.161 e. The second-order valence-electron chi connectivity index (χ2n) is 5.51. The number of aromatic nitrogens is 3. The van der Waals surface area contributed by atoms with Gasteiger partial charge in [-0.2, -0.15) is 5.10 Å². The molecule has 0 aliphatic rings. The molecule has 1 aromatic heterocycles. The Kier molecular flexibility index (Phi) is 6.27. The number of thioether (sulfide) groups is 1. The van der Waals surface area contributed by atoms with Gasteiger partial charge in [-0.15, -0.1) is 22.0 Å². The fourth-order valence-corrected chi connectivity index (χ4v) is 2.95. The van der Waals surface area contributed by atoms with Gasteiger partial charge in [0.2, 0.25) is 0 Å². The first-order chi connectivity index (χ1) is 12.7. The molecule has 0 fully saturated rings. The van der Waals surface area contributed by atoms with E-state index in [2.05, 4.69) is 46.5 Å². The first-order valence-corrected chi connectivity index (χ1v) is 9.12. The van der Waals surface area contributed by atoms with Crippen molar-refractivity contribution in [2.45, 2.75) is 11.8 Å². The molecule has 0 unspecified atom stereocenters. The highest BCUT2D eigenvalue weighted by atomic mass is 32.2. The number of hydrogen-bond donors (Lipinski definition) is 0. The van der Waals surface area contributed by atoms with Gasteiger partial charge >= 0.3 is 0 Å². The quantitative estimate of drug-likeness (QED) is 0.345. The summed E-state index contributed by atoms with van der Waals surface area (Å²) in [4.78, 5) is 1.24. The van der Waals surface area contributed by atoms with Gasteiger partial charge in [-0.05, 0) is 42.8 Å². The molecule has 0 radical (unpaired) electrons. The maximum absolute atomic E-state index is 5.86. The molecule has 3 rings (SSSR count). The standard InChI is InChI=1S/C19H20N4O2S/c1-15-3-6-17(7-4-15)26-10-9-25-18-8-5-16(11-19(18)24-2)12-22-23-13-20-21-14-23/h3-8,11-14H,9-10H2,1-2H3. The third kappa shape index (κ3) is 5.10. The molecule has 0 N–H and O–H groups in total. The van der Waals surface area contributed by atoms with Crippen molar-refractivity contribution in [3.8, 4) is 11.5 Å². The van der Waals surface area contributed by atoms with Crippen LogP contribution in [0.5, 0.6) is 11.5 Å². The Bertz CT molecular complexity index is 848. The zero-order valence-electron chi connectivity index (χ0n) is 14.7. The van der Waals surface area contributed by atoms with Gasteiger partial charge in [-0.1, -0.05) is 17.7 Å². The summed E-state index contributed by atoms with van der Waals surface area (Å²) in [5.41, 5.74) is 2.17. The van der Waals surface area contributed by atoms with Crippen LogP contribution in [0.25, 0.3) is 0 Å². The minimum absolute atomic E-state index is 0.600. The number of rotatable bonds is 8. The highest BCUT2D eigenvalue weighted by Crippen LogP contribution is 2.28. The Morgan fingerprint density at radius 2 is 1.85 bits per heavy atom. The van der Waals surface area contributed by atoms with Crippen molar-refractivity contribution < 1.29 is 9.47 Å². The highest BCUT2D eigenvalue weighted by Gasteiger charge is 2.05. The van der Waals surface area contributed by atoms with Crippen molar-refractivity contribution in [1.29, 1.82) is 0 Å². The van der Waals surface area contributed by atoms with Gasteiger partial charge < -0.3 is 9.47 Å². The topological polar surface area (TPSA) is 61.5 Å². The van der Waals surface area contributed by atoms with E-state index < -0.39 is 0 Å². The van der Waals surface area contributed by atoms with E-state index in [9.17, 15) is 0 Å². The monoisotopic (exact) mass is 368 g/mol. The molecule has 2 aromatic carbocycles. The molecule has 134 valence electrons. The summed E-state index contributed by atoms with van der Waals surface area (Å²) in [5.74, 6) is 2.26. The van der Waals surface area contributed by atoms with Gasteiger partial charge in [0.05, 0.1) is 19.9 Å². The van der Waals surface area contributed by atoms with Crippen molar-refractivity contribution in [2.75, 3.05) is 19.5 Å². The molecule has 3 aromatic rings. The fourth-order valence-electron chi connectivity index (χ4n) is 2.22. The summed E-state index contributed by atoms with van der Waals surface area (Å²) < 4.78 is 12.8. The number of hydrogen-bond acceptors (Lipinski definition) is 6. The van der Waals surface area contributed by atoms with Crippen LogP contribution >= 0.6 is 11.8 Å². The fraction of sp³-hybridized carbons (Fsp3) is 0.211. The zero-order chi connectivity index (χ0) is 18.2. The van der Waals surface area contributed by atoms with E-state index in [4.69, 9.17) is 9.47 Å². The van der Waals surface area contributed by atoms with Crippen molar-refractivity contribution in [1.82, 2.24) is 14.9 Å². The van der Waals surface area contributed by atoms with Crippen molar-refractivity contribution >= 4 is 18.0 Å². The lowest BCUT2D eigenvalue weighted by molar-refractivity contribution is 0.313. The second-order valence-corrected chi connectivity index (χ2v) is 6.68. The van der Waals surface area contributed by atoms with Crippen LogP contribution in [0.4, 0.5) is 0 Å². The molecule has 26 heavy (non-hydrogen) atoms. The number of ether oxygens (including phenoxy) is 2. The van der Waals surface area contributed by atoms with E-state index >= 15 is 0 Å². The largest absolute Gasteiger partial charge is 0.493 e. The van der Waals surface area contributed by atoms with Crippen LogP contribution < -0.4 is 9.47 Å². The molecular formula is C19H20N4O2S. The summed E-state index contributed by atoms with van der Waals surface area (Å²) in [7, 11) is 1.63. The van der Waals surface area contributed by atoms with Crippen LogP contribution in [-0.4, -0.2) is 40.6 Å². The van der Waals surface area contributed by atoms with Crippen LogP contribution in [0.2, 0.25) is 0 Å². The third-order valence-electron chi connectivity index (χ3n) is 3.56. The molecule has 0 aliphatic heterocycles. The molecule has 0 spiro atoms. The number of nitrogens with zero attached hydrogens (tertiary/aromatic N) is 4. The first-order valence-electron chi connectivity index (χ1n) is 8.14. The van der Waals surface area contributed by atoms with Gasteiger partial charge in [0.1, 0.15) is 12.7 Å². The average Bonchev–Trinajstić information content (AvgIpc) is 3.19. The van der Waals surface area contributed by atoms with Crippen LogP contribution in [0.1, 0.15) is 11.1 Å². The number of benzene rings is 2. The molecule has 0 amide bonds. The molecule has 0 atom stereocenters. The first kappa shape index (κ1) is 18.0. The summed E-state index contributed by atoms with van der Waals surface area (Å²) >= 11 is 1.77. The minimum Gasteiger partial charge on any atom is -0.493 e. The van der Waals surface area contributed by atoms with Crippen molar-refractivity contribution in [2.24, 2.45) is 5.10 Å². The highest BCUT2D eigenvalue weighted by molar-refractivity contribution is 7.99.